The molecule has 0 bridgehead atoms. The van der Waals surface area contributed by atoms with Gasteiger partial charge in [-0.05, 0) is 37.4 Å². The summed E-state index contributed by atoms with van der Waals surface area (Å²) in [5.74, 6) is -1.53. The van der Waals surface area contributed by atoms with Crippen molar-refractivity contribution in [3.05, 3.63) is 48.8 Å². The van der Waals surface area contributed by atoms with E-state index in [4.69, 9.17) is 9.97 Å². The van der Waals surface area contributed by atoms with Crippen molar-refractivity contribution < 1.29 is 18.0 Å². The molecule has 3 N–H and O–H groups in total. The van der Waals surface area contributed by atoms with E-state index in [1.54, 1.807) is 12.1 Å². The largest absolute Gasteiger partial charge is 0.471 e. The molecule has 1 aliphatic rings. The van der Waals surface area contributed by atoms with Crippen LogP contribution in [0.15, 0.2) is 48.8 Å². The molecule has 1 saturated heterocycles. The van der Waals surface area contributed by atoms with E-state index in [-0.39, 0.29) is 5.69 Å². The number of H-pyrrole nitrogens is 2. The maximum absolute atomic E-state index is 12.7. The quantitative estimate of drug-likeness (QED) is 0.329. The number of hydrogen-bond acceptors (Lipinski definition) is 7. The van der Waals surface area contributed by atoms with Gasteiger partial charge in [-0.1, -0.05) is 6.07 Å². The van der Waals surface area contributed by atoms with Crippen LogP contribution in [0.5, 0.6) is 0 Å². The molecule has 194 valence electrons. The Morgan fingerprint density at radius 2 is 1.82 bits per heavy atom. The highest BCUT2D eigenvalue weighted by atomic mass is 19.4. The van der Waals surface area contributed by atoms with Gasteiger partial charge in [-0.3, -0.25) is 14.9 Å². The van der Waals surface area contributed by atoms with E-state index in [1.165, 1.54) is 12.3 Å². The minimum atomic E-state index is -5.00. The molecule has 0 aliphatic carbocycles. The lowest BCUT2D eigenvalue weighted by molar-refractivity contribution is -0.167. The highest BCUT2D eigenvalue weighted by Crippen LogP contribution is 2.32. The topological polar surface area (TPSA) is 119 Å². The SMILES string of the molecule is CN1CCN(c2cccc3[nH]c(-c4n[nH]c5ccc(-c6cncc(NC(=O)C(F)(F)F)c6)nc45)nc23)CC1. The molecule has 4 aromatic heterocycles. The number of alkyl halides is 3. The molecule has 0 unspecified atom stereocenters. The summed E-state index contributed by atoms with van der Waals surface area (Å²) in [6.45, 7) is 3.76. The summed E-state index contributed by atoms with van der Waals surface area (Å²) >= 11 is 0. The van der Waals surface area contributed by atoms with Gasteiger partial charge < -0.3 is 20.1 Å². The number of hydrogen-bond donors (Lipinski definition) is 3. The summed E-state index contributed by atoms with van der Waals surface area (Å²) in [5, 5.41) is 9.21. The molecule has 1 fully saturated rings. The Kier molecular flexibility index (Phi) is 5.71. The Labute approximate surface area is 213 Å². The van der Waals surface area contributed by atoms with Crippen molar-refractivity contribution in [1.82, 2.24) is 35.0 Å². The van der Waals surface area contributed by atoms with Gasteiger partial charge in [-0.15, -0.1) is 0 Å². The summed E-state index contributed by atoms with van der Waals surface area (Å²) in [7, 11) is 2.11. The first kappa shape index (κ1) is 23.9. The van der Waals surface area contributed by atoms with Gasteiger partial charge in [-0.25, -0.2) is 9.97 Å². The van der Waals surface area contributed by atoms with Crippen LogP contribution in [-0.2, 0) is 4.79 Å². The van der Waals surface area contributed by atoms with Gasteiger partial charge in [0.15, 0.2) is 11.5 Å². The number of aromatic amines is 2. The molecule has 1 aromatic carbocycles. The maximum atomic E-state index is 12.7. The predicted molar refractivity (Wildman–Crippen MR) is 137 cm³/mol. The average Bonchev–Trinajstić information content (AvgIpc) is 3.52. The van der Waals surface area contributed by atoms with E-state index >= 15 is 0 Å². The number of aromatic nitrogens is 6. The summed E-state index contributed by atoms with van der Waals surface area (Å²) in [6, 6.07) is 10.9. The molecular formula is C25H22F3N9O. The number of rotatable bonds is 4. The number of pyridine rings is 2. The van der Waals surface area contributed by atoms with E-state index in [0.717, 1.165) is 49.1 Å². The van der Waals surface area contributed by atoms with Crippen LogP contribution in [0.25, 0.3) is 44.8 Å². The van der Waals surface area contributed by atoms with Gasteiger partial charge in [0, 0.05) is 37.9 Å². The fraction of sp³-hybridized carbons (Fsp3) is 0.240. The molecule has 13 heteroatoms. The molecule has 10 nitrogen and oxygen atoms in total. The molecule has 1 amide bonds. The first-order valence-electron chi connectivity index (χ1n) is 11.9. The molecular weight excluding hydrogens is 499 g/mol. The number of para-hydroxylation sites is 1. The second kappa shape index (κ2) is 9.10. The summed E-state index contributed by atoms with van der Waals surface area (Å²) in [4.78, 5) is 32.8. The minimum absolute atomic E-state index is 0.0899. The molecule has 6 rings (SSSR count). The lowest BCUT2D eigenvalue weighted by atomic mass is 10.1. The number of benzene rings is 1. The van der Waals surface area contributed by atoms with Gasteiger partial charge in [0.2, 0.25) is 0 Å². The molecule has 5 heterocycles. The first-order valence-corrected chi connectivity index (χ1v) is 11.9. The van der Waals surface area contributed by atoms with Crippen LogP contribution in [0.2, 0.25) is 0 Å². The number of piperazine rings is 1. The Bertz CT molecular complexity index is 1650. The van der Waals surface area contributed by atoms with E-state index in [1.807, 2.05) is 17.4 Å². The molecule has 0 spiro atoms. The second-order valence-corrected chi connectivity index (χ2v) is 9.13. The Hall–Kier alpha value is -4.52. The highest BCUT2D eigenvalue weighted by molar-refractivity contribution is 5.96. The molecule has 0 saturated carbocycles. The fourth-order valence-electron chi connectivity index (χ4n) is 4.51. The van der Waals surface area contributed by atoms with Gasteiger partial charge >= 0.3 is 12.1 Å². The third-order valence-electron chi connectivity index (χ3n) is 6.52. The van der Waals surface area contributed by atoms with Gasteiger partial charge in [0.05, 0.1) is 34.3 Å². The van der Waals surface area contributed by atoms with Crippen LogP contribution in [0.4, 0.5) is 24.5 Å². The van der Waals surface area contributed by atoms with Crippen molar-refractivity contribution in [2.75, 3.05) is 43.4 Å². The Balaban J connectivity index is 1.35. The number of halogens is 3. The molecule has 1 aliphatic heterocycles. The third-order valence-corrected chi connectivity index (χ3v) is 6.52. The third kappa shape index (κ3) is 4.41. The van der Waals surface area contributed by atoms with Crippen molar-refractivity contribution in [2.24, 2.45) is 0 Å². The summed E-state index contributed by atoms with van der Waals surface area (Å²) in [5.41, 5.74) is 5.27. The smallest absolute Gasteiger partial charge is 0.367 e. The van der Waals surface area contributed by atoms with E-state index in [0.29, 0.717) is 33.8 Å². The van der Waals surface area contributed by atoms with Gasteiger partial charge in [0.1, 0.15) is 11.0 Å². The van der Waals surface area contributed by atoms with Crippen molar-refractivity contribution in [1.29, 1.82) is 0 Å². The number of amides is 1. The second-order valence-electron chi connectivity index (χ2n) is 9.13. The fourth-order valence-corrected chi connectivity index (χ4v) is 4.51. The lowest BCUT2D eigenvalue weighted by Crippen LogP contribution is -2.44. The zero-order chi connectivity index (χ0) is 26.4. The predicted octanol–water partition coefficient (Wildman–Crippen LogP) is 3.82. The summed E-state index contributed by atoms with van der Waals surface area (Å²) in [6.07, 6.45) is -2.41. The average molecular weight is 522 g/mol. The van der Waals surface area contributed by atoms with Crippen molar-refractivity contribution in [3.8, 4) is 22.8 Å². The monoisotopic (exact) mass is 521 g/mol. The minimum Gasteiger partial charge on any atom is -0.367 e. The highest BCUT2D eigenvalue weighted by Gasteiger charge is 2.38. The van der Waals surface area contributed by atoms with Crippen LogP contribution in [-0.4, -0.2) is 80.3 Å². The zero-order valence-corrected chi connectivity index (χ0v) is 20.2. The van der Waals surface area contributed by atoms with Crippen molar-refractivity contribution >= 4 is 39.3 Å². The number of carbonyl (C=O) groups is 1. The number of imidazole rings is 1. The van der Waals surface area contributed by atoms with Crippen molar-refractivity contribution in [2.45, 2.75) is 6.18 Å². The van der Waals surface area contributed by atoms with Crippen molar-refractivity contribution in [3.63, 3.8) is 0 Å². The molecule has 0 radical (unpaired) electrons. The summed E-state index contributed by atoms with van der Waals surface area (Å²) < 4.78 is 38.0. The Morgan fingerprint density at radius 1 is 1.00 bits per heavy atom. The first-order chi connectivity index (χ1) is 18.3. The van der Waals surface area contributed by atoms with E-state index in [9.17, 15) is 18.0 Å². The van der Waals surface area contributed by atoms with E-state index in [2.05, 4.69) is 43.1 Å². The number of carbonyl (C=O) groups excluding carboxylic acids is 1. The maximum Gasteiger partial charge on any atom is 0.471 e. The molecule has 0 atom stereocenters. The van der Waals surface area contributed by atoms with Crippen LogP contribution >= 0.6 is 0 Å². The number of nitrogens with zero attached hydrogens (tertiary/aromatic N) is 6. The number of likely N-dealkylation sites (N-methyl/N-ethyl adjacent to an activating group) is 1. The van der Waals surface area contributed by atoms with Crippen LogP contribution in [0.3, 0.4) is 0 Å². The lowest BCUT2D eigenvalue weighted by Gasteiger charge is -2.34. The molecule has 5 aromatic rings. The standard InChI is InChI=1S/C25H22F3N9O/c1-36-7-9-37(10-8-36)19-4-2-3-17-20(19)33-23(32-17)22-21-18(34-35-22)6-5-16(31-21)14-11-15(13-29-12-14)30-24(38)25(26,27)28/h2-6,11-13H,7-10H2,1H3,(H,30,38)(H,32,33)(H,34,35). The van der Waals surface area contributed by atoms with Crippen LogP contribution < -0.4 is 10.2 Å². The number of nitrogens with one attached hydrogen (secondary N) is 3. The molecule has 38 heavy (non-hydrogen) atoms. The van der Waals surface area contributed by atoms with Gasteiger partial charge in [-0.2, -0.15) is 18.3 Å². The van der Waals surface area contributed by atoms with E-state index < -0.39 is 12.1 Å². The Morgan fingerprint density at radius 3 is 2.61 bits per heavy atom. The van der Waals surface area contributed by atoms with Gasteiger partial charge in [0.25, 0.3) is 0 Å². The number of fused-ring (bicyclic) bond motifs is 2. The normalized spacial score (nSPS) is 14.9. The van der Waals surface area contributed by atoms with Crippen LogP contribution in [0.1, 0.15) is 0 Å². The van der Waals surface area contributed by atoms with Crippen LogP contribution in [0, 0.1) is 0 Å². The number of anilines is 2. The zero-order valence-electron chi connectivity index (χ0n) is 20.2.